The van der Waals surface area contributed by atoms with Crippen LogP contribution >= 0.6 is 0 Å². The lowest BCUT2D eigenvalue weighted by molar-refractivity contribution is 0.547. The summed E-state index contributed by atoms with van der Waals surface area (Å²) >= 11 is 0. The second kappa shape index (κ2) is 7.94. The minimum atomic E-state index is -0.282. The molecule has 6 nitrogen and oxygen atoms in total. The number of hydrogen-bond donors (Lipinski definition) is 0. The van der Waals surface area contributed by atoms with Crippen LogP contribution in [0, 0.1) is 0 Å². The molecule has 0 saturated carbocycles. The molecule has 6 heteroatoms. The third-order valence-electron chi connectivity index (χ3n) is 4.14. The summed E-state index contributed by atoms with van der Waals surface area (Å²) in [5, 5.41) is 0. The van der Waals surface area contributed by atoms with E-state index in [1.54, 1.807) is 13.4 Å². The molecule has 0 aliphatic rings. The first-order chi connectivity index (χ1) is 11.1. The van der Waals surface area contributed by atoms with Gasteiger partial charge in [-0.15, -0.1) is 6.58 Å². The lowest BCUT2D eigenvalue weighted by atomic mass is 10.2. The van der Waals surface area contributed by atoms with Crippen molar-refractivity contribution < 1.29 is 0 Å². The van der Waals surface area contributed by atoms with Crippen molar-refractivity contribution in [2.75, 3.05) is 0 Å². The first kappa shape index (κ1) is 17.2. The van der Waals surface area contributed by atoms with Crippen molar-refractivity contribution in [1.29, 1.82) is 0 Å². The molecular weight excluding hydrogens is 292 g/mol. The highest BCUT2D eigenvalue weighted by atomic mass is 16.2. The smallest absolute Gasteiger partial charge is 0.325 e. The fourth-order valence-corrected chi connectivity index (χ4v) is 2.78. The van der Waals surface area contributed by atoms with E-state index in [1.807, 2.05) is 10.6 Å². The molecule has 126 valence electrons. The van der Waals surface area contributed by atoms with Gasteiger partial charge in [-0.1, -0.05) is 25.8 Å². The van der Waals surface area contributed by atoms with Gasteiger partial charge in [0.15, 0.2) is 11.2 Å². The van der Waals surface area contributed by atoms with Crippen molar-refractivity contribution in [3.8, 4) is 0 Å². The molecule has 0 fully saturated rings. The average Bonchev–Trinajstić information content (AvgIpc) is 2.97. The van der Waals surface area contributed by atoms with Crippen molar-refractivity contribution in [3.05, 3.63) is 39.8 Å². The van der Waals surface area contributed by atoms with Crippen LogP contribution in [0.2, 0.25) is 0 Å². The SMILES string of the molecule is C=CCCCCn1cnc2c1c(=O)n(CCCCC)c(=O)n2C. The average molecular weight is 318 g/mol. The van der Waals surface area contributed by atoms with E-state index >= 15 is 0 Å². The van der Waals surface area contributed by atoms with Crippen LogP contribution in [0.3, 0.4) is 0 Å². The number of aromatic nitrogens is 4. The number of hydrogen-bond acceptors (Lipinski definition) is 3. The van der Waals surface area contributed by atoms with Crippen molar-refractivity contribution in [2.24, 2.45) is 7.05 Å². The molecule has 0 aromatic carbocycles. The zero-order valence-corrected chi connectivity index (χ0v) is 14.1. The highest BCUT2D eigenvalue weighted by Crippen LogP contribution is 2.08. The lowest BCUT2D eigenvalue weighted by Gasteiger charge is -2.09. The summed E-state index contributed by atoms with van der Waals surface area (Å²) in [5.74, 6) is 0. The number of nitrogens with zero attached hydrogens (tertiary/aromatic N) is 4. The normalized spacial score (nSPS) is 11.2. The van der Waals surface area contributed by atoms with Crippen LogP contribution in [-0.4, -0.2) is 18.7 Å². The van der Waals surface area contributed by atoms with Crippen LogP contribution in [0.4, 0.5) is 0 Å². The molecule has 2 heterocycles. The maximum atomic E-state index is 12.7. The predicted octanol–water partition coefficient (Wildman–Crippen LogP) is 2.44. The van der Waals surface area contributed by atoms with E-state index in [-0.39, 0.29) is 11.2 Å². The van der Waals surface area contributed by atoms with E-state index in [2.05, 4.69) is 18.5 Å². The summed E-state index contributed by atoms with van der Waals surface area (Å²) in [6.45, 7) is 7.01. The van der Waals surface area contributed by atoms with E-state index < -0.39 is 0 Å². The Morgan fingerprint density at radius 2 is 1.91 bits per heavy atom. The Labute approximate surface area is 136 Å². The quantitative estimate of drug-likeness (QED) is 0.527. The Morgan fingerprint density at radius 1 is 1.17 bits per heavy atom. The van der Waals surface area contributed by atoms with Crippen molar-refractivity contribution in [2.45, 2.75) is 58.5 Å². The summed E-state index contributed by atoms with van der Waals surface area (Å²) in [6.07, 6.45) is 9.41. The minimum absolute atomic E-state index is 0.222. The largest absolute Gasteiger partial charge is 0.332 e. The zero-order valence-electron chi connectivity index (χ0n) is 14.1. The van der Waals surface area contributed by atoms with E-state index in [0.29, 0.717) is 17.7 Å². The Kier molecular flexibility index (Phi) is 5.96. The Hall–Kier alpha value is -2.11. The lowest BCUT2D eigenvalue weighted by Crippen LogP contribution is -2.39. The molecule has 0 aliphatic heterocycles. The number of unbranched alkanes of at least 4 members (excludes halogenated alkanes) is 4. The van der Waals surface area contributed by atoms with Gasteiger partial charge in [0.1, 0.15) is 0 Å². The molecule has 0 aliphatic carbocycles. The van der Waals surface area contributed by atoms with Gasteiger partial charge >= 0.3 is 5.69 Å². The summed E-state index contributed by atoms with van der Waals surface area (Å²) in [7, 11) is 1.68. The molecule has 0 spiro atoms. The molecule has 0 radical (unpaired) electrons. The molecule has 0 unspecified atom stereocenters. The van der Waals surface area contributed by atoms with Gasteiger partial charge in [-0.25, -0.2) is 9.78 Å². The molecule has 0 atom stereocenters. The third kappa shape index (κ3) is 3.63. The van der Waals surface area contributed by atoms with Crippen LogP contribution < -0.4 is 11.2 Å². The van der Waals surface area contributed by atoms with E-state index in [1.165, 1.54) is 9.13 Å². The molecule has 0 bridgehead atoms. The number of rotatable bonds is 9. The topological polar surface area (TPSA) is 61.8 Å². The minimum Gasteiger partial charge on any atom is -0.325 e. The fraction of sp³-hybridized carbons (Fsp3) is 0.588. The first-order valence-corrected chi connectivity index (χ1v) is 8.37. The van der Waals surface area contributed by atoms with Gasteiger partial charge in [0, 0.05) is 20.1 Å². The molecular formula is C17H26N4O2. The molecule has 2 rings (SSSR count). The standard InChI is InChI=1S/C17H26N4O2/c1-4-6-8-10-11-20-13-18-15-14(20)16(22)21(12-9-7-5-2)17(23)19(15)3/h4,13H,1,5-12H2,2-3H3. The second-order valence-corrected chi connectivity index (χ2v) is 5.90. The van der Waals surface area contributed by atoms with E-state index in [0.717, 1.165) is 45.1 Å². The third-order valence-corrected chi connectivity index (χ3v) is 4.14. The number of fused-ring (bicyclic) bond motifs is 1. The van der Waals surface area contributed by atoms with Crippen molar-refractivity contribution in [1.82, 2.24) is 18.7 Å². The molecule has 2 aromatic rings. The Morgan fingerprint density at radius 3 is 2.61 bits per heavy atom. The van der Waals surface area contributed by atoms with Crippen LogP contribution in [-0.2, 0) is 20.1 Å². The van der Waals surface area contributed by atoms with Crippen LogP contribution in [0.25, 0.3) is 11.2 Å². The maximum Gasteiger partial charge on any atom is 0.332 e. The maximum absolute atomic E-state index is 12.7. The van der Waals surface area contributed by atoms with Gasteiger partial charge in [-0.3, -0.25) is 13.9 Å². The molecule has 23 heavy (non-hydrogen) atoms. The highest BCUT2D eigenvalue weighted by Gasteiger charge is 2.15. The number of imidazole rings is 1. The molecule has 2 aromatic heterocycles. The van der Waals surface area contributed by atoms with Crippen LogP contribution in [0.5, 0.6) is 0 Å². The molecule has 0 N–H and O–H groups in total. The summed E-state index contributed by atoms with van der Waals surface area (Å²) in [6, 6.07) is 0. The number of allylic oxidation sites excluding steroid dienone is 1. The fourth-order valence-electron chi connectivity index (χ4n) is 2.78. The van der Waals surface area contributed by atoms with Gasteiger partial charge < -0.3 is 4.57 Å². The summed E-state index contributed by atoms with van der Waals surface area (Å²) < 4.78 is 4.69. The van der Waals surface area contributed by atoms with E-state index in [9.17, 15) is 9.59 Å². The molecule has 0 amide bonds. The Balaban J connectivity index is 2.39. The van der Waals surface area contributed by atoms with Gasteiger partial charge in [-0.2, -0.15) is 0 Å². The first-order valence-electron chi connectivity index (χ1n) is 8.37. The zero-order chi connectivity index (χ0) is 16.8. The summed E-state index contributed by atoms with van der Waals surface area (Å²) in [5.41, 5.74) is 0.494. The van der Waals surface area contributed by atoms with Gasteiger partial charge in [0.2, 0.25) is 0 Å². The van der Waals surface area contributed by atoms with Gasteiger partial charge in [0.25, 0.3) is 5.56 Å². The van der Waals surface area contributed by atoms with Crippen molar-refractivity contribution >= 4 is 11.2 Å². The van der Waals surface area contributed by atoms with Crippen LogP contribution in [0.1, 0.15) is 45.4 Å². The van der Waals surface area contributed by atoms with Gasteiger partial charge in [-0.05, 0) is 25.7 Å². The van der Waals surface area contributed by atoms with Crippen molar-refractivity contribution in [3.63, 3.8) is 0 Å². The second-order valence-electron chi connectivity index (χ2n) is 5.90. The summed E-state index contributed by atoms with van der Waals surface area (Å²) in [4.78, 5) is 29.4. The monoisotopic (exact) mass is 318 g/mol. The van der Waals surface area contributed by atoms with Gasteiger partial charge in [0.05, 0.1) is 6.33 Å². The van der Waals surface area contributed by atoms with E-state index in [4.69, 9.17) is 0 Å². The molecule has 0 saturated heterocycles. The van der Waals surface area contributed by atoms with Crippen LogP contribution in [0.15, 0.2) is 28.6 Å². The highest BCUT2D eigenvalue weighted by molar-refractivity contribution is 5.69. The Bertz CT molecular complexity index is 782. The number of aryl methyl sites for hydroxylation is 2. The predicted molar refractivity (Wildman–Crippen MR) is 92.8 cm³/mol.